The highest BCUT2D eigenvalue weighted by Gasteiger charge is 2.62. The van der Waals surface area contributed by atoms with E-state index in [9.17, 15) is 24.0 Å². The first-order valence-corrected chi connectivity index (χ1v) is 13.0. The molecule has 0 aromatic rings. The molecular formula is C26H45N5O6. The molecule has 4 aliphatic rings. The molecule has 11 heteroatoms. The lowest BCUT2D eigenvalue weighted by molar-refractivity contribution is -0.133. The monoisotopic (exact) mass is 523 g/mol. The predicted molar refractivity (Wildman–Crippen MR) is 138 cm³/mol. The summed E-state index contributed by atoms with van der Waals surface area (Å²) in [5.41, 5.74) is 9.94. The Bertz CT molecular complexity index is 861. The summed E-state index contributed by atoms with van der Waals surface area (Å²) in [6.45, 7) is 14.5. The number of ether oxygens (including phenoxy) is 1. The average Bonchev–Trinajstić information content (AvgIpc) is 3.43. The lowest BCUT2D eigenvalue weighted by Gasteiger charge is -2.24. The van der Waals surface area contributed by atoms with Crippen LogP contribution in [0.1, 0.15) is 73.6 Å². The molecule has 4 rings (SSSR count). The number of hydrogen-bond acceptors (Lipinski definition) is 6. The van der Waals surface area contributed by atoms with Gasteiger partial charge < -0.3 is 31.7 Å². The molecule has 210 valence electrons. The minimum atomic E-state index is -0.748. The zero-order valence-electron chi connectivity index (χ0n) is 23.1. The molecule has 4 fully saturated rings. The van der Waals surface area contributed by atoms with Crippen LogP contribution in [0.4, 0.5) is 0 Å². The van der Waals surface area contributed by atoms with Crippen LogP contribution in [0.15, 0.2) is 0 Å². The maximum atomic E-state index is 12.0. The van der Waals surface area contributed by atoms with E-state index in [0.29, 0.717) is 31.3 Å². The van der Waals surface area contributed by atoms with Crippen LogP contribution < -0.4 is 22.1 Å². The number of fused-ring (bicyclic) bond motifs is 1. The minimum absolute atomic E-state index is 0.00880. The molecular weight excluding hydrogens is 478 g/mol. The van der Waals surface area contributed by atoms with Gasteiger partial charge in [0, 0.05) is 31.5 Å². The molecule has 5 amide bonds. The standard InChI is InChI=1S/C14H25NO2.C10H15N3O3.C2H5NO/c1-13(2,3)17-7-6-12(16)15-8-10-11(9-15)14(10,4)5;11-8(15)7(12-5-14)3-6-4-10(1-2-10)13-9(6)16;1-2(3)4/h10-11H,6-9H2,1-5H3;5-7H,1-4H2,(H2,11,15)(H,12,14)(H,13,16);1H3,(H2,3,4)/t;6?,7-;/m.0./s1. The van der Waals surface area contributed by atoms with Gasteiger partial charge in [0.1, 0.15) is 6.04 Å². The van der Waals surface area contributed by atoms with Crippen LogP contribution in [-0.2, 0) is 28.7 Å². The third kappa shape index (κ3) is 8.98. The van der Waals surface area contributed by atoms with E-state index in [-0.39, 0.29) is 34.8 Å². The first-order valence-electron chi connectivity index (χ1n) is 13.0. The van der Waals surface area contributed by atoms with Crippen LogP contribution in [0.3, 0.4) is 0 Å². The Morgan fingerprint density at radius 3 is 2.14 bits per heavy atom. The largest absolute Gasteiger partial charge is 0.375 e. The van der Waals surface area contributed by atoms with Gasteiger partial charge in [-0.3, -0.25) is 24.0 Å². The van der Waals surface area contributed by atoms with Crippen molar-refractivity contribution in [1.82, 2.24) is 15.5 Å². The highest BCUT2D eigenvalue weighted by molar-refractivity contribution is 5.86. The number of amides is 5. The van der Waals surface area contributed by atoms with Crippen molar-refractivity contribution < 1.29 is 28.7 Å². The molecule has 4 atom stereocenters. The lowest BCUT2D eigenvalue weighted by atomic mass is 9.95. The molecule has 2 heterocycles. The Morgan fingerprint density at radius 1 is 1.19 bits per heavy atom. The normalized spacial score (nSPS) is 26.4. The van der Waals surface area contributed by atoms with Crippen LogP contribution in [0, 0.1) is 23.2 Å². The topological polar surface area (TPSA) is 174 Å². The summed E-state index contributed by atoms with van der Waals surface area (Å²) in [4.78, 5) is 56.1. The second kappa shape index (κ2) is 11.8. The molecule has 1 spiro atoms. The second-order valence-electron chi connectivity index (χ2n) is 12.3. The van der Waals surface area contributed by atoms with Crippen molar-refractivity contribution >= 4 is 30.0 Å². The van der Waals surface area contributed by atoms with E-state index >= 15 is 0 Å². The smallest absolute Gasteiger partial charge is 0.240 e. The van der Waals surface area contributed by atoms with E-state index < -0.39 is 11.9 Å². The van der Waals surface area contributed by atoms with E-state index in [1.165, 1.54) is 6.92 Å². The summed E-state index contributed by atoms with van der Waals surface area (Å²) >= 11 is 0. The first kappa shape index (κ1) is 30.5. The summed E-state index contributed by atoms with van der Waals surface area (Å²) < 4.78 is 5.59. The molecule has 11 nitrogen and oxygen atoms in total. The highest BCUT2D eigenvalue weighted by atomic mass is 16.5. The molecule has 0 bridgehead atoms. The number of rotatable bonds is 8. The molecule has 37 heavy (non-hydrogen) atoms. The van der Waals surface area contributed by atoms with Crippen LogP contribution >= 0.6 is 0 Å². The average molecular weight is 524 g/mol. The van der Waals surface area contributed by atoms with Gasteiger partial charge >= 0.3 is 0 Å². The number of nitrogens with zero attached hydrogens (tertiary/aromatic N) is 1. The zero-order valence-corrected chi connectivity index (χ0v) is 23.1. The van der Waals surface area contributed by atoms with Gasteiger partial charge in [0.2, 0.25) is 30.0 Å². The number of nitrogens with two attached hydrogens (primary N) is 2. The molecule has 2 aliphatic carbocycles. The van der Waals surface area contributed by atoms with E-state index in [4.69, 9.17) is 10.5 Å². The van der Waals surface area contributed by atoms with Crippen LogP contribution in [-0.4, -0.2) is 71.8 Å². The third-order valence-corrected chi connectivity index (χ3v) is 7.71. The predicted octanol–water partition coefficient (Wildman–Crippen LogP) is 0.443. The third-order valence-electron chi connectivity index (χ3n) is 7.71. The van der Waals surface area contributed by atoms with Gasteiger partial charge in [-0.25, -0.2) is 0 Å². The maximum Gasteiger partial charge on any atom is 0.240 e. The number of carbonyl (C=O) groups excluding carboxylic acids is 5. The Hall–Kier alpha value is -2.69. The second-order valence-corrected chi connectivity index (χ2v) is 12.3. The fraction of sp³-hybridized carbons (Fsp3) is 0.808. The molecule has 2 saturated heterocycles. The van der Waals surface area contributed by atoms with Crippen molar-refractivity contribution in [3.63, 3.8) is 0 Å². The number of primary amides is 2. The Morgan fingerprint density at radius 2 is 1.73 bits per heavy atom. The zero-order chi connectivity index (χ0) is 28.2. The number of piperidine rings is 1. The van der Waals surface area contributed by atoms with Crippen molar-refractivity contribution in [3.05, 3.63) is 0 Å². The van der Waals surface area contributed by atoms with Gasteiger partial charge in [-0.15, -0.1) is 0 Å². The quantitative estimate of drug-likeness (QED) is 0.336. The van der Waals surface area contributed by atoms with Crippen molar-refractivity contribution in [2.75, 3.05) is 19.7 Å². The number of likely N-dealkylation sites (tertiary alicyclic amines) is 1. The van der Waals surface area contributed by atoms with Gasteiger partial charge in [0.15, 0.2) is 0 Å². The van der Waals surface area contributed by atoms with Crippen LogP contribution in [0.25, 0.3) is 0 Å². The fourth-order valence-corrected chi connectivity index (χ4v) is 5.22. The number of hydrogen-bond donors (Lipinski definition) is 4. The first-order chi connectivity index (χ1) is 17.0. The molecule has 6 N–H and O–H groups in total. The lowest BCUT2D eigenvalue weighted by Crippen LogP contribution is -2.42. The summed E-state index contributed by atoms with van der Waals surface area (Å²) in [6.07, 6.45) is 4.03. The van der Waals surface area contributed by atoms with E-state index in [0.717, 1.165) is 44.2 Å². The van der Waals surface area contributed by atoms with Crippen LogP contribution in [0.5, 0.6) is 0 Å². The molecule has 0 aromatic heterocycles. The Kier molecular flexibility index (Phi) is 9.73. The Balaban J connectivity index is 0.000000228. The van der Waals surface area contributed by atoms with Crippen molar-refractivity contribution in [2.24, 2.45) is 34.6 Å². The molecule has 2 aliphatic heterocycles. The van der Waals surface area contributed by atoms with Crippen molar-refractivity contribution in [1.29, 1.82) is 0 Å². The molecule has 0 aromatic carbocycles. The van der Waals surface area contributed by atoms with E-state index in [1.807, 2.05) is 25.7 Å². The fourth-order valence-electron chi connectivity index (χ4n) is 5.22. The summed E-state index contributed by atoms with van der Waals surface area (Å²) in [6, 6.07) is -0.748. The van der Waals surface area contributed by atoms with Gasteiger partial charge in [0.05, 0.1) is 18.6 Å². The van der Waals surface area contributed by atoms with E-state index in [2.05, 4.69) is 30.2 Å². The minimum Gasteiger partial charge on any atom is -0.375 e. The summed E-state index contributed by atoms with van der Waals surface area (Å²) in [5.74, 6) is 0.572. The van der Waals surface area contributed by atoms with Crippen molar-refractivity contribution in [2.45, 2.75) is 90.8 Å². The van der Waals surface area contributed by atoms with Crippen LogP contribution in [0.2, 0.25) is 0 Å². The molecule has 3 unspecified atom stereocenters. The number of carbonyl (C=O) groups is 5. The summed E-state index contributed by atoms with van der Waals surface area (Å²) in [7, 11) is 0. The van der Waals surface area contributed by atoms with Gasteiger partial charge in [-0.05, 0) is 63.7 Å². The number of nitrogens with one attached hydrogen (secondary N) is 2. The summed E-state index contributed by atoms with van der Waals surface area (Å²) in [5, 5.41) is 5.28. The molecule has 0 radical (unpaired) electrons. The van der Waals surface area contributed by atoms with Gasteiger partial charge in [-0.1, -0.05) is 13.8 Å². The van der Waals surface area contributed by atoms with Gasteiger partial charge in [-0.2, -0.15) is 0 Å². The van der Waals surface area contributed by atoms with Crippen molar-refractivity contribution in [3.8, 4) is 0 Å². The Labute approximate surface area is 219 Å². The molecule has 2 saturated carbocycles. The maximum absolute atomic E-state index is 12.0. The highest BCUT2D eigenvalue weighted by Crippen LogP contribution is 2.61. The SMILES string of the molecule is CC(C)(C)OCCC(=O)N1CC2C(C1)C2(C)C.CC(N)=O.NC(=O)[C@H](CC1CC2(CC2)NC1=O)NC=O. The van der Waals surface area contributed by atoms with E-state index in [1.54, 1.807) is 0 Å². The van der Waals surface area contributed by atoms with Gasteiger partial charge in [0.25, 0.3) is 0 Å².